The van der Waals surface area contributed by atoms with E-state index in [2.05, 4.69) is 10.6 Å². The molecule has 0 saturated carbocycles. The van der Waals surface area contributed by atoms with Crippen LogP contribution in [0, 0.1) is 0 Å². The monoisotopic (exact) mass is 434 g/mol. The number of rotatable bonds is 4. The number of hydrogen-bond donors (Lipinski definition) is 2. The van der Waals surface area contributed by atoms with Gasteiger partial charge in [-0.3, -0.25) is 9.59 Å². The molecule has 156 valence electrons. The number of halogens is 3. The van der Waals surface area contributed by atoms with Crippen LogP contribution in [0.3, 0.4) is 0 Å². The number of alkyl halides is 3. The van der Waals surface area contributed by atoms with Crippen LogP contribution in [-0.2, 0) is 15.8 Å². The van der Waals surface area contributed by atoms with Gasteiger partial charge in [0.1, 0.15) is 11.3 Å². The van der Waals surface area contributed by atoms with Crippen molar-refractivity contribution in [3.05, 3.63) is 59.9 Å². The standard InChI is InChI=1S/C21H17F3N2O3S/c1-11(16-8-12-4-2-3-5-15(12)29-16)25-19(27)10-18-20(28)26-14-9-13(21(22,23)24)6-7-17(14)30-18/h2-9,11,18H,10H2,1H3,(H,25,27)(H,26,28)/t11-,18-/m0/s1. The second-order valence-corrected chi connectivity index (χ2v) is 8.23. The van der Waals surface area contributed by atoms with Gasteiger partial charge in [0, 0.05) is 16.7 Å². The van der Waals surface area contributed by atoms with Gasteiger partial charge in [-0.1, -0.05) is 18.2 Å². The van der Waals surface area contributed by atoms with Crippen molar-refractivity contribution in [1.29, 1.82) is 0 Å². The highest BCUT2D eigenvalue weighted by atomic mass is 32.2. The lowest BCUT2D eigenvalue weighted by molar-refractivity contribution is -0.137. The number of nitrogens with one attached hydrogen (secondary N) is 2. The molecule has 0 aliphatic carbocycles. The van der Waals surface area contributed by atoms with E-state index in [1.54, 1.807) is 6.92 Å². The molecule has 0 unspecified atom stereocenters. The Bertz CT molecular complexity index is 1090. The maximum atomic E-state index is 12.9. The number of carbonyl (C=O) groups is 2. The van der Waals surface area contributed by atoms with Crippen molar-refractivity contribution in [1.82, 2.24) is 5.32 Å². The van der Waals surface area contributed by atoms with Gasteiger partial charge in [-0.15, -0.1) is 11.8 Å². The lowest BCUT2D eigenvalue weighted by atomic mass is 10.1. The molecular weight excluding hydrogens is 417 g/mol. The van der Waals surface area contributed by atoms with Crippen molar-refractivity contribution in [2.24, 2.45) is 0 Å². The number of carbonyl (C=O) groups excluding carboxylic acids is 2. The van der Waals surface area contributed by atoms with E-state index in [-0.39, 0.29) is 18.0 Å². The molecule has 30 heavy (non-hydrogen) atoms. The van der Waals surface area contributed by atoms with Gasteiger partial charge >= 0.3 is 6.18 Å². The summed E-state index contributed by atoms with van der Waals surface area (Å²) in [5.41, 5.74) is -0.0178. The third-order valence-electron chi connectivity index (χ3n) is 4.75. The number of furan rings is 1. The van der Waals surface area contributed by atoms with E-state index in [4.69, 9.17) is 4.42 Å². The van der Waals surface area contributed by atoms with Crippen LogP contribution in [0.15, 0.2) is 57.8 Å². The average Bonchev–Trinajstić information content (AvgIpc) is 3.12. The molecule has 5 nitrogen and oxygen atoms in total. The summed E-state index contributed by atoms with van der Waals surface area (Å²) < 4.78 is 44.3. The molecular formula is C21H17F3N2O3S. The van der Waals surface area contributed by atoms with Crippen molar-refractivity contribution in [2.75, 3.05) is 5.32 Å². The average molecular weight is 434 g/mol. The fourth-order valence-electron chi connectivity index (χ4n) is 3.22. The summed E-state index contributed by atoms with van der Waals surface area (Å²) in [5.74, 6) is -0.264. The van der Waals surface area contributed by atoms with Gasteiger partial charge in [-0.05, 0) is 37.3 Å². The fraction of sp³-hybridized carbons (Fsp3) is 0.238. The van der Waals surface area contributed by atoms with Crippen LogP contribution in [0.4, 0.5) is 18.9 Å². The number of para-hydroxylation sites is 1. The molecule has 2 N–H and O–H groups in total. The molecule has 0 bridgehead atoms. The maximum Gasteiger partial charge on any atom is 0.416 e. The summed E-state index contributed by atoms with van der Waals surface area (Å²) in [6.45, 7) is 1.78. The lowest BCUT2D eigenvalue weighted by Crippen LogP contribution is -2.35. The Labute approximate surface area is 174 Å². The molecule has 2 atom stereocenters. The quantitative estimate of drug-likeness (QED) is 0.597. The summed E-state index contributed by atoms with van der Waals surface area (Å²) in [4.78, 5) is 25.3. The number of amides is 2. The highest BCUT2D eigenvalue weighted by molar-refractivity contribution is 8.01. The summed E-state index contributed by atoms with van der Waals surface area (Å²) in [6.07, 6.45) is -4.60. The van der Waals surface area contributed by atoms with Gasteiger partial charge in [0.15, 0.2) is 0 Å². The summed E-state index contributed by atoms with van der Waals surface area (Å²) >= 11 is 1.08. The first-order valence-electron chi connectivity index (χ1n) is 9.17. The molecule has 2 aromatic carbocycles. The molecule has 0 spiro atoms. The predicted octanol–water partition coefficient (Wildman–Crippen LogP) is 5.13. The first-order valence-corrected chi connectivity index (χ1v) is 10.1. The van der Waals surface area contributed by atoms with Crippen LogP contribution < -0.4 is 10.6 Å². The van der Waals surface area contributed by atoms with Crippen molar-refractivity contribution < 1.29 is 27.2 Å². The molecule has 0 radical (unpaired) electrons. The van der Waals surface area contributed by atoms with E-state index in [9.17, 15) is 22.8 Å². The molecule has 1 aliphatic heterocycles. The second kappa shape index (κ2) is 7.71. The number of benzene rings is 2. The van der Waals surface area contributed by atoms with Gasteiger partial charge in [-0.2, -0.15) is 13.2 Å². The Kier molecular flexibility index (Phi) is 5.23. The molecule has 4 rings (SSSR count). The number of hydrogen-bond acceptors (Lipinski definition) is 4. The summed E-state index contributed by atoms with van der Waals surface area (Å²) in [5, 5.41) is 5.46. The molecule has 0 fully saturated rings. The second-order valence-electron chi connectivity index (χ2n) is 6.98. The van der Waals surface area contributed by atoms with E-state index in [0.29, 0.717) is 16.2 Å². The smallest absolute Gasteiger partial charge is 0.416 e. The van der Waals surface area contributed by atoms with Crippen LogP contribution >= 0.6 is 11.8 Å². The lowest BCUT2D eigenvalue weighted by Gasteiger charge is -2.25. The van der Waals surface area contributed by atoms with Gasteiger partial charge in [-0.25, -0.2) is 0 Å². The SMILES string of the molecule is C[C@H](NC(=O)C[C@@H]1Sc2ccc(C(F)(F)F)cc2NC1=O)c1cc2ccccc2o1. The molecule has 9 heteroatoms. The number of thioether (sulfide) groups is 1. The molecule has 1 aromatic heterocycles. The van der Waals surface area contributed by atoms with Crippen LogP contribution in [-0.4, -0.2) is 17.1 Å². The Hall–Kier alpha value is -2.94. The molecule has 1 aliphatic rings. The third-order valence-corrected chi connectivity index (χ3v) is 6.02. The minimum Gasteiger partial charge on any atom is -0.459 e. The van der Waals surface area contributed by atoms with E-state index in [1.807, 2.05) is 30.3 Å². The molecule has 2 heterocycles. The van der Waals surface area contributed by atoms with E-state index in [0.717, 1.165) is 29.3 Å². The van der Waals surface area contributed by atoms with Crippen LogP contribution in [0.5, 0.6) is 0 Å². The maximum absolute atomic E-state index is 12.9. The van der Waals surface area contributed by atoms with Gasteiger partial charge < -0.3 is 15.1 Å². The van der Waals surface area contributed by atoms with Gasteiger partial charge in [0.2, 0.25) is 11.8 Å². The van der Waals surface area contributed by atoms with Crippen LogP contribution in [0.1, 0.15) is 30.7 Å². The zero-order valence-corrected chi connectivity index (χ0v) is 16.6. The zero-order chi connectivity index (χ0) is 21.5. The molecule has 2 amide bonds. The van der Waals surface area contributed by atoms with Crippen molar-refractivity contribution in [2.45, 2.75) is 35.7 Å². The summed E-state index contributed by atoms with van der Waals surface area (Å²) in [6, 6.07) is 12.1. The predicted molar refractivity (Wildman–Crippen MR) is 107 cm³/mol. The first-order chi connectivity index (χ1) is 14.2. The fourth-order valence-corrected chi connectivity index (χ4v) is 4.31. The van der Waals surface area contributed by atoms with E-state index in [1.165, 1.54) is 6.07 Å². The topological polar surface area (TPSA) is 71.3 Å². The minimum atomic E-state index is -4.49. The Balaban J connectivity index is 1.41. The van der Waals surface area contributed by atoms with E-state index >= 15 is 0 Å². The first kappa shape index (κ1) is 20.3. The van der Waals surface area contributed by atoms with Gasteiger partial charge in [0.25, 0.3) is 0 Å². The van der Waals surface area contributed by atoms with Crippen LogP contribution in [0.25, 0.3) is 11.0 Å². The number of anilines is 1. The van der Waals surface area contributed by atoms with E-state index < -0.39 is 28.9 Å². The Morgan fingerprint density at radius 3 is 2.73 bits per heavy atom. The zero-order valence-electron chi connectivity index (χ0n) is 15.7. The van der Waals surface area contributed by atoms with Crippen molar-refractivity contribution in [3.63, 3.8) is 0 Å². The highest BCUT2D eigenvalue weighted by Gasteiger charge is 2.34. The third kappa shape index (κ3) is 4.16. The minimum absolute atomic E-state index is 0.104. The van der Waals surface area contributed by atoms with Gasteiger partial charge in [0.05, 0.1) is 22.5 Å². The van der Waals surface area contributed by atoms with Crippen molar-refractivity contribution in [3.8, 4) is 0 Å². The number of fused-ring (bicyclic) bond motifs is 2. The summed E-state index contributed by atoms with van der Waals surface area (Å²) in [7, 11) is 0. The molecule has 0 saturated heterocycles. The molecule has 3 aromatic rings. The Morgan fingerprint density at radius 2 is 2.00 bits per heavy atom. The highest BCUT2D eigenvalue weighted by Crippen LogP contribution is 2.40. The largest absolute Gasteiger partial charge is 0.459 e. The van der Waals surface area contributed by atoms with Crippen molar-refractivity contribution >= 4 is 40.2 Å². The Morgan fingerprint density at radius 1 is 1.23 bits per heavy atom. The normalized spacial score (nSPS) is 17.3. The van der Waals surface area contributed by atoms with Crippen LogP contribution in [0.2, 0.25) is 0 Å².